The second-order valence-corrected chi connectivity index (χ2v) is 8.83. The molecule has 1 aliphatic rings. The lowest BCUT2D eigenvalue weighted by Crippen LogP contribution is -2.50. The maximum atomic E-state index is 14.5. The zero-order chi connectivity index (χ0) is 25.5. The number of carbonyl (C=O) groups excluding carboxylic acids is 3. The molecule has 36 heavy (non-hydrogen) atoms. The fourth-order valence-corrected chi connectivity index (χ4v) is 4.44. The highest BCUT2D eigenvalue weighted by molar-refractivity contribution is 5.94. The molecule has 0 radical (unpaired) electrons. The van der Waals surface area contributed by atoms with E-state index in [1.807, 2.05) is 65.6 Å². The third-order valence-electron chi connectivity index (χ3n) is 6.46. The summed E-state index contributed by atoms with van der Waals surface area (Å²) in [5, 5.41) is 0. The van der Waals surface area contributed by atoms with Crippen LogP contribution < -0.4 is 4.90 Å². The number of rotatable bonds is 8. The summed E-state index contributed by atoms with van der Waals surface area (Å²) in [5.74, 6) is -1.52. The van der Waals surface area contributed by atoms with E-state index in [1.54, 1.807) is 17.0 Å². The summed E-state index contributed by atoms with van der Waals surface area (Å²) in [4.78, 5) is 40.3. The van der Waals surface area contributed by atoms with E-state index in [2.05, 4.69) is 0 Å². The molecule has 0 aromatic heterocycles. The number of ether oxygens (including phenoxy) is 1. The molecule has 1 fully saturated rings. The summed E-state index contributed by atoms with van der Waals surface area (Å²) in [6, 6.07) is 24.0. The molecule has 1 amide bonds. The molecular weight excluding hydrogens is 459 g/mol. The highest BCUT2D eigenvalue weighted by Gasteiger charge is 2.25. The number of amides is 1. The smallest absolute Gasteiger partial charge is 0.307 e. The Bertz CT molecular complexity index is 1170. The Morgan fingerprint density at radius 2 is 1.44 bits per heavy atom. The normalized spacial score (nSPS) is 13.5. The highest BCUT2D eigenvalue weighted by atomic mass is 19.1. The Morgan fingerprint density at radius 1 is 0.861 bits per heavy atom. The molecule has 1 aliphatic heterocycles. The van der Waals surface area contributed by atoms with Crippen LogP contribution in [0.1, 0.15) is 40.7 Å². The first-order chi connectivity index (χ1) is 17.4. The van der Waals surface area contributed by atoms with Crippen molar-refractivity contribution in [3.8, 4) is 0 Å². The van der Waals surface area contributed by atoms with Gasteiger partial charge in [0.1, 0.15) is 5.82 Å². The van der Waals surface area contributed by atoms with Crippen molar-refractivity contribution < 1.29 is 23.5 Å². The highest BCUT2D eigenvalue weighted by Crippen LogP contribution is 2.28. The van der Waals surface area contributed by atoms with Crippen molar-refractivity contribution in [2.75, 3.05) is 37.7 Å². The van der Waals surface area contributed by atoms with Gasteiger partial charge in [-0.2, -0.15) is 0 Å². The lowest BCUT2D eigenvalue weighted by Gasteiger charge is -2.36. The van der Waals surface area contributed by atoms with Crippen LogP contribution in [0.25, 0.3) is 0 Å². The van der Waals surface area contributed by atoms with Crippen LogP contribution in [0.4, 0.5) is 10.1 Å². The minimum absolute atomic E-state index is 0.130. The van der Waals surface area contributed by atoms with E-state index >= 15 is 0 Å². The third-order valence-corrected chi connectivity index (χ3v) is 6.46. The number of hydrogen-bond acceptors (Lipinski definition) is 5. The number of hydrogen-bond donors (Lipinski definition) is 0. The molecule has 0 N–H and O–H groups in total. The first-order valence-corrected chi connectivity index (χ1v) is 12.0. The predicted octanol–water partition coefficient (Wildman–Crippen LogP) is 4.44. The van der Waals surface area contributed by atoms with Crippen LogP contribution in [0, 0.1) is 5.82 Å². The standard InChI is InChI=1S/C29H29FN2O4/c1-21(33)24-12-13-27(26(30)18-24)31-14-16-32(17-15-31)28(34)20-36-29(35)19-25(22-8-4-2-5-9-22)23-10-6-3-7-11-23/h2-13,18,25H,14-17,19-20H2,1H3. The molecule has 3 aromatic carbocycles. The van der Waals surface area contributed by atoms with Gasteiger partial charge in [-0.05, 0) is 36.2 Å². The van der Waals surface area contributed by atoms with Crippen molar-refractivity contribution >= 4 is 23.3 Å². The number of esters is 1. The fraction of sp³-hybridized carbons (Fsp3) is 0.276. The van der Waals surface area contributed by atoms with E-state index in [4.69, 9.17) is 4.74 Å². The summed E-state index contributed by atoms with van der Waals surface area (Å²) in [6.45, 7) is 2.74. The molecule has 0 atom stereocenters. The first-order valence-electron chi connectivity index (χ1n) is 12.0. The maximum Gasteiger partial charge on any atom is 0.307 e. The van der Waals surface area contributed by atoms with Crippen molar-refractivity contribution in [2.45, 2.75) is 19.3 Å². The predicted molar refractivity (Wildman–Crippen MR) is 136 cm³/mol. The number of ketones is 1. The number of Topliss-reactive ketones (excluding diaryl/α,β-unsaturated/α-hetero) is 1. The van der Waals surface area contributed by atoms with Gasteiger partial charge in [0, 0.05) is 37.7 Å². The Labute approximate surface area is 210 Å². The van der Waals surface area contributed by atoms with Gasteiger partial charge < -0.3 is 14.5 Å². The van der Waals surface area contributed by atoms with Gasteiger partial charge in [-0.3, -0.25) is 14.4 Å². The Hall–Kier alpha value is -4.00. The summed E-state index contributed by atoms with van der Waals surface area (Å²) >= 11 is 0. The second kappa shape index (κ2) is 11.6. The van der Waals surface area contributed by atoms with Gasteiger partial charge in [0.25, 0.3) is 5.91 Å². The molecule has 6 nitrogen and oxygen atoms in total. The van der Waals surface area contributed by atoms with E-state index < -0.39 is 11.8 Å². The van der Waals surface area contributed by atoms with Crippen LogP contribution in [0.3, 0.4) is 0 Å². The van der Waals surface area contributed by atoms with E-state index in [0.29, 0.717) is 37.4 Å². The van der Waals surface area contributed by atoms with E-state index in [1.165, 1.54) is 13.0 Å². The third kappa shape index (κ3) is 6.16. The summed E-state index contributed by atoms with van der Waals surface area (Å²) in [5.41, 5.74) is 2.75. The number of nitrogens with zero attached hydrogens (tertiary/aromatic N) is 2. The van der Waals surface area contributed by atoms with Crippen LogP contribution in [0.15, 0.2) is 78.9 Å². The SMILES string of the molecule is CC(=O)c1ccc(N2CCN(C(=O)COC(=O)CC(c3ccccc3)c3ccccc3)CC2)c(F)c1. The molecule has 1 heterocycles. The molecule has 1 saturated heterocycles. The van der Waals surface area contributed by atoms with Crippen LogP contribution >= 0.6 is 0 Å². The number of halogens is 1. The van der Waals surface area contributed by atoms with Gasteiger partial charge in [0.05, 0.1) is 12.1 Å². The van der Waals surface area contributed by atoms with Crippen molar-refractivity contribution in [2.24, 2.45) is 0 Å². The number of anilines is 1. The molecule has 7 heteroatoms. The topological polar surface area (TPSA) is 66.9 Å². The zero-order valence-corrected chi connectivity index (χ0v) is 20.2. The van der Waals surface area contributed by atoms with Crippen LogP contribution in [0.5, 0.6) is 0 Å². The number of benzene rings is 3. The maximum absolute atomic E-state index is 14.5. The zero-order valence-electron chi connectivity index (χ0n) is 20.2. The van der Waals surface area contributed by atoms with E-state index in [0.717, 1.165) is 11.1 Å². The molecule has 0 aliphatic carbocycles. The quantitative estimate of drug-likeness (QED) is 0.346. The molecular formula is C29H29FN2O4. The van der Waals surface area contributed by atoms with Crippen LogP contribution in [-0.4, -0.2) is 55.3 Å². The molecule has 4 rings (SSSR count). The second-order valence-electron chi connectivity index (χ2n) is 8.83. The van der Waals surface area contributed by atoms with Gasteiger partial charge in [-0.1, -0.05) is 60.7 Å². The van der Waals surface area contributed by atoms with Crippen LogP contribution in [-0.2, 0) is 14.3 Å². The summed E-state index contributed by atoms with van der Waals surface area (Å²) < 4.78 is 19.8. The van der Waals surface area contributed by atoms with Crippen molar-refractivity contribution in [1.29, 1.82) is 0 Å². The largest absolute Gasteiger partial charge is 0.456 e. The summed E-state index contributed by atoms with van der Waals surface area (Å²) in [6.07, 6.45) is 0.130. The van der Waals surface area contributed by atoms with Gasteiger partial charge in [-0.15, -0.1) is 0 Å². The molecule has 0 saturated carbocycles. The molecule has 186 valence electrons. The first kappa shape index (κ1) is 25.1. The van der Waals surface area contributed by atoms with E-state index in [9.17, 15) is 18.8 Å². The van der Waals surface area contributed by atoms with Gasteiger partial charge in [0.2, 0.25) is 0 Å². The van der Waals surface area contributed by atoms with Crippen molar-refractivity contribution in [3.05, 3.63) is 101 Å². The van der Waals surface area contributed by atoms with E-state index in [-0.39, 0.29) is 30.6 Å². The average Bonchev–Trinajstić information content (AvgIpc) is 2.91. The minimum Gasteiger partial charge on any atom is -0.456 e. The molecule has 3 aromatic rings. The minimum atomic E-state index is -0.456. The molecule has 0 bridgehead atoms. The van der Waals surface area contributed by atoms with Crippen molar-refractivity contribution in [3.63, 3.8) is 0 Å². The lowest BCUT2D eigenvalue weighted by molar-refractivity contribution is -0.152. The monoisotopic (exact) mass is 488 g/mol. The van der Waals surface area contributed by atoms with Crippen molar-refractivity contribution in [1.82, 2.24) is 4.90 Å². The Morgan fingerprint density at radius 3 is 1.97 bits per heavy atom. The van der Waals surface area contributed by atoms with Crippen LogP contribution in [0.2, 0.25) is 0 Å². The Balaban J connectivity index is 1.30. The average molecular weight is 489 g/mol. The number of piperazine rings is 1. The molecule has 0 unspecified atom stereocenters. The van der Waals surface area contributed by atoms with Gasteiger partial charge in [0.15, 0.2) is 12.4 Å². The van der Waals surface area contributed by atoms with Gasteiger partial charge >= 0.3 is 5.97 Å². The number of carbonyl (C=O) groups is 3. The lowest BCUT2D eigenvalue weighted by atomic mass is 9.89. The Kier molecular flexibility index (Phi) is 8.10. The molecule has 0 spiro atoms. The van der Waals surface area contributed by atoms with Gasteiger partial charge in [-0.25, -0.2) is 4.39 Å². The summed E-state index contributed by atoms with van der Waals surface area (Å²) in [7, 11) is 0. The fourth-order valence-electron chi connectivity index (χ4n) is 4.44.